The fraction of sp³-hybridized carbons (Fsp3) is 0.304. The molecular weight excluding hydrogens is 366 g/mol. The second-order valence-electron chi connectivity index (χ2n) is 7.52. The molecule has 0 radical (unpaired) electrons. The molecule has 6 heteroatoms. The standard InChI is InChI=1S/C23H25N3O3/c1-3-29-21-6-4-5-16(22(21)27)13-24-26-23(28)15-8-10-20-18(12-15)17-11-14(2)7-9-19(17)25-20/h4-6,8,10,12-14,25,27H,3,7,9,11H2,1-2H3,(H,26,28)/b24-13-. The average molecular weight is 391 g/mol. The number of phenolic OH excluding ortho intramolecular Hbond substituents is 1. The number of fused-ring (bicyclic) bond motifs is 3. The molecule has 1 heterocycles. The minimum Gasteiger partial charge on any atom is -0.504 e. The Kier molecular flexibility index (Phi) is 5.25. The van der Waals surface area contributed by atoms with Crippen molar-refractivity contribution in [3.05, 3.63) is 58.8 Å². The van der Waals surface area contributed by atoms with Crippen LogP contribution in [0.5, 0.6) is 11.5 Å². The quantitative estimate of drug-likeness (QED) is 0.451. The number of carbonyl (C=O) groups excluding carboxylic acids is 1. The summed E-state index contributed by atoms with van der Waals surface area (Å²) in [5.74, 6) is 0.757. The maximum absolute atomic E-state index is 12.6. The number of aromatic amines is 1. The summed E-state index contributed by atoms with van der Waals surface area (Å²) in [4.78, 5) is 16.1. The second kappa shape index (κ2) is 7.99. The third-order valence-electron chi connectivity index (χ3n) is 5.40. The van der Waals surface area contributed by atoms with E-state index in [1.54, 1.807) is 24.3 Å². The Morgan fingerprint density at radius 1 is 1.38 bits per heavy atom. The Morgan fingerprint density at radius 2 is 2.24 bits per heavy atom. The lowest BCUT2D eigenvalue weighted by atomic mass is 9.87. The predicted molar refractivity (Wildman–Crippen MR) is 114 cm³/mol. The van der Waals surface area contributed by atoms with Crippen molar-refractivity contribution in [3.8, 4) is 11.5 Å². The van der Waals surface area contributed by atoms with Crippen LogP contribution in [-0.2, 0) is 12.8 Å². The Hall–Kier alpha value is -3.28. The van der Waals surface area contributed by atoms with Crippen LogP contribution in [0.3, 0.4) is 0 Å². The van der Waals surface area contributed by atoms with Crippen molar-refractivity contribution >= 4 is 23.0 Å². The summed E-state index contributed by atoms with van der Waals surface area (Å²) in [7, 11) is 0. The summed E-state index contributed by atoms with van der Waals surface area (Å²) < 4.78 is 5.36. The number of ether oxygens (including phenoxy) is 1. The molecule has 0 fully saturated rings. The number of hydrogen-bond acceptors (Lipinski definition) is 4. The highest BCUT2D eigenvalue weighted by Gasteiger charge is 2.20. The van der Waals surface area contributed by atoms with E-state index >= 15 is 0 Å². The summed E-state index contributed by atoms with van der Waals surface area (Å²) >= 11 is 0. The summed E-state index contributed by atoms with van der Waals surface area (Å²) in [6.45, 7) is 4.57. The molecule has 1 aromatic heterocycles. The molecule has 3 N–H and O–H groups in total. The van der Waals surface area contributed by atoms with E-state index in [1.807, 2.05) is 19.1 Å². The van der Waals surface area contributed by atoms with Crippen molar-refractivity contribution in [3.63, 3.8) is 0 Å². The van der Waals surface area contributed by atoms with Gasteiger partial charge in [-0.05, 0) is 68.0 Å². The average Bonchev–Trinajstić information content (AvgIpc) is 3.08. The first-order valence-corrected chi connectivity index (χ1v) is 9.98. The Balaban J connectivity index is 1.52. The first-order chi connectivity index (χ1) is 14.1. The number of hydrogen-bond donors (Lipinski definition) is 3. The number of benzene rings is 2. The normalized spacial score (nSPS) is 16.1. The van der Waals surface area contributed by atoms with E-state index in [9.17, 15) is 9.90 Å². The van der Waals surface area contributed by atoms with Crippen molar-refractivity contribution in [2.45, 2.75) is 33.1 Å². The summed E-state index contributed by atoms with van der Waals surface area (Å²) in [5.41, 5.74) is 7.26. The van der Waals surface area contributed by atoms with E-state index in [0.29, 0.717) is 29.4 Å². The van der Waals surface area contributed by atoms with Gasteiger partial charge in [0.05, 0.1) is 12.8 Å². The molecule has 1 unspecified atom stereocenters. The van der Waals surface area contributed by atoms with Gasteiger partial charge >= 0.3 is 0 Å². The number of nitrogens with zero attached hydrogens (tertiary/aromatic N) is 1. The van der Waals surface area contributed by atoms with E-state index in [0.717, 1.165) is 23.7 Å². The Morgan fingerprint density at radius 3 is 3.07 bits per heavy atom. The zero-order chi connectivity index (χ0) is 20.4. The smallest absolute Gasteiger partial charge is 0.271 e. The monoisotopic (exact) mass is 391 g/mol. The van der Waals surface area contributed by atoms with Crippen LogP contribution in [0.2, 0.25) is 0 Å². The molecule has 1 aliphatic carbocycles. The van der Waals surface area contributed by atoms with Crippen LogP contribution in [0.15, 0.2) is 41.5 Å². The summed E-state index contributed by atoms with van der Waals surface area (Å²) in [5, 5.41) is 15.3. The lowest BCUT2D eigenvalue weighted by Crippen LogP contribution is -2.17. The van der Waals surface area contributed by atoms with E-state index in [1.165, 1.54) is 23.9 Å². The number of aryl methyl sites for hydroxylation is 1. The number of phenols is 1. The number of aromatic nitrogens is 1. The molecule has 4 rings (SSSR count). The van der Waals surface area contributed by atoms with Gasteiger partial charge in [-0.25, -0.2) is 5.43 Å². The molecule has 0 spiro atoms. The molecule has 0 saturated carbocycles. The third kappa shape index (κ3) is 3.83. The highest BCUT2D eigenvalue weighted by molar-refractivity contribution is 5.99. The third-order valence-corrected chi connectivity index (χ3v) is 5.40. The number of para-hydroxylation sites is 1. The molecule has 0 saturated heterocycles. The van der Waals surface area contributed by atoms with Gasteiger partial charge in [0.1, 0.15) is 0 Å². The number of hydrazone groups is 1. The molecule has 2 aromatic carbocycles. The topological polar surface area (TPSA) is 86.7 Å². The van der Waals surface area contributed by atoms with E-state index < -0.39 is 0 Å². The molecule has 1 atom stereocenters. The minimum atomic E-state index is -0.289. The Bertz CT molecular complexity index is 1080. The van der Waals surface area contributed by atoms with Gasteiger partial charge in [-0.2, -0.15) is 5.10 Å². The maximum Gasteiger partial charge on any atom is 0.271 e. The molecule has 29 heavy (non-hydrogen) atoms. The van der Waals surface area contributed by atoms with Crippen molar-refractivity contribution in [1.82, 2.24) is 10.4 Å². The number of nitrogens with one attached hydrogen (secondary N) is 2. The second-order valence-corrected chi connectivity index (χ2v) is 7.52. The molecule has 150 valence electrons. The number of rotatable bonds is 5. The lowest BCUT2D eigenvalue weighted by molar-refractivity contribution is 0.0955. The van der Waals surface area contributed by atoms with Gasteiger partial charge in [0.25, 0.3) is 5.91 Å². The number of amides is 1. The zero-order valence-electron chi connectivity index (χ0n) is 16.7. The lowest BCUT2D eigenvalue weighted by Gasteiger charge is -2.18. The van der Waals surface area contributed by atoms with E-state index in [-0.39, 0.29) is 11.7 Å². The highest BCUT2D eigenvalue weighted by Crippen LogP contribution is 2.32. The van der Waals surface area contributed by atoms with Gasteiger partial charge in [-0.1, -0.05) is 13.0 Å². The fourth-order valence-corrected chi connectivity index (χ4v) is 3.87. The van der Waals surface area contributed by atoms with Crippen LogP contribution >= 0.6 is 0 Å². The minimum absolute atomic E-state index is 0.00170. The van der Waals surface area contributed by atoms with Crippen molar-refractivity contribution in [2.24, 2.45) is 11.0 Å². The van der Waals surface area contributed by atoms with Gasteiger partial charge < -0.3 is 14.8 Å². The van der Waals surface area contributed by atoms with Crippen LogP contribution < -0.4 is 10.2 Å². The number of H-pyrrole nitrogens is 1. The first kappa shape index (κ1) is 19.1. The Labute approximate surface area is 169 Å². The molecule has 1 amide bonds. The van der Waals surface area contributed by atoms with Crippen LogP contribution in [0, 0.1) is 5.92 Å². The molecule has 0 aliphatic heterocycles. The highest BCUT2D eigenvalue weighted by atomic mass is 16.5. The largest absolute Gasteiger partial charge is 0.504 e. The molecule has 6 nitrogen and oxygen atoms in total. The van der Waals surface area contributed by atoms with Crippen molar-refractivity contribution < 1.29 is 14.6 Å². The molecule has 0 bridgehead atoms. The van der Waals surface area contributed by atoms with Gasteiger partial charge in [0, 0.05) is 27.7 Å². The van der Waals surface area contributed by atoms with Crippen LogP contribution in [0.4, 0.5) is 0 Å². The molecule has 3 aromatic rings. The molecule has 1 aliphatic rings. The van der Waals surface area contributed by atoms with Gasteiger partial charge in [-0.3, -0.25) is 4.79 Å². The zero-order valence-corrected chi connectivity index (χ0v) is 16.7. The van der Waals surface area contributed by atoms with E-state index in [2.05, 4.69) is 22.4 Å². The SMILES string of the molecule is CCOc1cccc(/C=N\NC(=O)c2ccc3[nH]c4c(c3c2)CC(C)CC4)c1O. The predicted octanol–water partition coefficient (Wildman–Crippen LogP) is 4.16. The van der Waals surface area contributed by atoms with Gasteiger partial charge in [-0.15, -0.1) is 0 Å². The van der Waals surface area contributed by atoms with Crippen LogP contribution in [0.1, 0.15) is 47.4 Å². The van der Waals surface area contributed by atoms with Crippen molar-refractivity contribution in [1.29, 1.82) is 0 Å². The number of aromatic hydroxyl groups is 1. The summed E-state index contributed by atoms with van der Waals surface area (Å²) in [6.07, 6.45) is 4.70. The van der Waals surface area contributed by atoms with Gasteiger partial charge in [0.2, 0.25) is 0 Å². The fourth-order valence-electron chi connectivity index (χ4n) is 3.87. The maximum atomic E-state index is 12.6. The summed E-state index contributed by atoms with van der Waals surface area (Å²) in [6, 6.07) is 10.8. The number of carbonyl (C=O) groups is 1. The molecular formula is C23H25N3O3. The van der Waals surface area contributed by atoms with Gasteiger partial charge in [0.15, 0.2) is 11.5 Å². The van der Waals surface area contributed by atoms with Crippen LogP contribution in [0.25, 0.3) is 10.9 Å². The first-order valence-electron chi connectivity index (χ1n) is 9.98. The van der Waals surface area contributed by atoms with Crippen LogP contribution in [-0.4, -0.2) is 28.8 Å². The van der Waals surface area contributed by atoms with E-state index in [4.69, 9.17) is 4.74 Å². The van der Waals surface area contributed by atoms with Crippen molar-refractivity contribution in [2.75, 3.05) is 6.61 Å².